The molecule has 0 aliphatic rings. The van der Waals surface area contributed by atoms with E-state index in [0.717, 1.165) is 0 Å². The number of nitrogens with zero attached hydrogens (tertiary/aromatic N) is 4. The first-order valence-corrected chi connectivity index (χ1v) is 3.59. The number of carbonyl (C=O) groups is 1. The van der Waals surface area contributed by atoms with E-state index in [1.165, 1.54) is 7.11 Å². The molecule has 0 amide bonds. The van der Waals surface area contributed by atoms with E-state index < -0.39 is 0 Å². The van der Waals surface area contributed by atoms with Crippen LogP contribution in [0.4, 0.5) is 0 Å². The van der Waals surface area contributed by atoms with Crippen LogP contribution in [0.25, 0.3) is 0 Å². The van der Waals surface area contributed by atoms with Crippen LogP contribution in [0.2, 0.25) is 0 Å². The molecule has 0 radical (unpaired) electrons. The lowest BCUT2D eigenvalue weighted by Gasteiger charge is -1.98. The molecule has 66 valence electrons. The number of tetrazole rings is 1. The van der Waals surface area contributed by atoms with Gasteiger partial charge in [-0.2, -0.15) is 0 Å². The SMILES string of the molecule is CCn1nnnc1CC(=O)OC. The highest BCUT2D eigenvalue weighted by atomic mass is 16.5. The van der Waals surface area contributed by atoms with Crippen molar-refractivity contribution in [3.63, 3.8) is 0 Å². The number of esters is 1. The van der Waals surface area contributed by atoms with E-state index in [1.54, 1.807) is 4.68 Å². The van der Waals surface area contributed by atoms with Crippen LogP contribution in [-0.4, -0.2) is 33.3 Å². The lowest BCUT2D eigenvalue weighted by molar-refractivity contribution is -0.140. The Morgan fingerprint density at radius 2 is 2.42 bits per heavy atom. The van der Waals surface area contributed by atoms with Crippen LogP contribution in [-0.2, 0) is 22.5 Å². The molecule has 1 aromatic rings. The lowest BCUT2D eigenvalue weighted by atomic mass is 10.4. The molecule has 0 atom stereocenters. The lowest BCUT2D eigenvalue weighted by Crippen LogP contribution is -2.11. The normalized spacial score (nSPS) is 9.83. The number of ether oxygens (including phenoxy) is 1. The molecule has 1 aromatic heterocycles. The van der Waals surface area contributed by atoms with Crippen LogP contribution in [0.15, 0.2) is 0 Å². The van der Waals surface area contributed by atoms with Crippen LogP contribution in [0.1, 0.15) is 12.7 Å². The fourth-order valence-corrected chi connectivity index (χ4v) is 0.797. The zero-order valence-corrected chi connectivity index (χ0v) is 7.02. The van der Waals surface area contributed by atoms with Crippen molar-refractivity contribution in [1.82, 2.24) is 20.2 Å². The summed E-state index contributed by atoms with van der Waals surface area (Å²) < 4.78 is 6.03. The van der Waals surface area contributed by atoms with Crippen molar-refractivity contribution in [2.24, 2.45) is 0 Å². The zero-order valence-electron chi connectivity index (χ0n) is 7.02. The third-order valence-electron chi connectivity index (χ3n) is 1.44. The number of aryl methyl sites for hydroxylation is 1. The molecular weight excluding hydrogens is 160 g/mol. The van der Waals surface area contributed by atoms with Crippen molar-refractivity contribution in [3.05, 3.63) is 5.82 Å². The highest BCUT2D eigenvalue weighted by molar-refractivity contribution is 5.71. The maximum atomic E-state index is 10.8. The number of carbonyl (C=O) groups excluding carboxylic acids is 1. The Morgan fingerprint density at radius 1 is 1.67 bits per heavy atom. The van der Waals surface area contributed by atoms with Crippen molar-refractivity contribution in [2.45, 2.75) is 19.9 Å². The van der Waals surface area contributed by atoms with Crippen LogP contribution < -0.4 is 0 Å². The zero-order chi connectivity index (χ0) is 8.97. The Morgan fingerprint density at radius 3 is 3.00 bits per heavy atom. The van der Waals surface area contributed by atoms with Crippen LogP contribution in [0.5, 0.6) is 0 Å². The summed E-state index contributed by atoms with van der Waals surface area (Å²) in [5, 5.41) is 10.8. The number of methoxy groups -OCH3 is 1. The maximum absolute atomic E-state index is 10.8. The second-order valence-corrected chi connectivity index (χ2v) is 2.16. The van der Waals surface area contributed by atoms with Gasteiger partial charge in [-0.15, -0.1) is 5.10 Å². The standard InChI is InChI=1S/C6H10N4O2/c1-3-10-5(7-8-9-10)4-6(11)12-2/h3-4H2,1-2H3. The molecular formula is C6H10N4O2. The molecule has 0 fully saturated rings. The maximum Gasteiger partial charge on any atom is 0.313 e. The van der Waals surface area contributed by atoms with E-state index in [2.05, 4.69) is 20.3 Å². The summed E-state index contributed by atoms with van der Waals surface area (Å²) in [6, 6.07) is 0. The predicted molar refractivity (Wildman–Crippen MR) is 39.2 cm³/mol. The van der Waals surface area contributed by atoms with Gasteiger partial charge in [0.2, 0.25) is 0 Å². The average molecular weight is 170 g/mol. The van der Waals surface area contributed by atoms with E-state index in [1.807, 2.05) is 6.92 Å². The number of hydrogen-bond acceptors (Lipinski definition) is 5. The number of hydrogen-bond donors (Lipinski definition) is 0. The van der Waals surface area contributed by atoms with Crippen LogP contribution in [0, 0.1) is 0 Å². The second kappa shape index (κ2) is 3.80. The van der Waals surface area contributed by atoms with Gasteiger partial charge in [0.15, 0.2) is 5.82 Å². The minimum atomic E-state index is -0.334. The van der Waals surface area contributed by atoms with Crippen molar-refractivity contribution in [3.8, 4) is 0 Å². The summed E-state index contributed by atoms with van der Waals surface area (Å²) in [6.45, 7) is 2.55. The summed E-state index contributed by atoms with van der Waals surface area (Å²) in [5.41, 5.74) is 0. The van der Waals surface area contributed by atoms with Crippen LogP contribution in [0.3, 0.4) is 0 Å². The second-order valence-electron chi connectivity index (χ2n) is 2.16. The molecule has 0 aromatic carbocycles. The molecule has 1 rings (SSSR count). The number of aromatic nitrogens is 4. The van der Waals surface area contributed by atoms with Gasteiger partial charge in [-0.25, -0.2) is 4.68 Å². The molecule has 0 unspecified atom stereocenters. The Hall–Kier alpha value is -1.46. The quantitative estimate of drug-likeness (QED) is 0.567. The minimum absolute atomic E-state index is 0.122. The molecule has 0 saturated heterocycles. The third kappa shape index (κ3) is 1.77. The Kier molecular flexibility index (Phi) is 2.73. The highest BCUT2D eigenvalue weighted by Gasteiger charge is 2.09. The fraction of sp³-hybridized carbons (Fsp3) is 0.667. The third-order valence-corrected chi connectivity index (χ3v) is 1.44. The van der Waals surface area contributed by atoms with Gasteiger partial charge in [-0.1, -0.05) is 0 Å². The smallest absolute Gasteiger partial charge is 0.313 e. The minimum Gasteiger partial charge on any atom is -0.469 e. The predicted octanol–water partition coefficient (Wildman–Crippen LogP) is -0.592. The van der Waals surface area contributed by atoms with Crippen molar-refractivity contribution < 1.29 is 9.53 Å². The molecule has 0 spiro atoms. The highest BCUT2D eigenvalue weighted by Crippen LogP contribution is 1.94. The van der Waals surface area contributed by atoms with Gasteiger partial charge in [-0.05, 0) is 17.4 Å². The molecule has 6 heteroatoms. The molecule has 0 bridgehead atoms. The summed E-state index contributed by atoms with van der Waals surface area (Å²) in [4.78, 5) is 10.8. The molecule has 12 heavy (non-hydrogen) atoms. The number of rotatable bonds is 3. The van der Waals surface area contributed by atoms with E-state index in [-0.39, 0.29) is 12.4 Å². The average Bonchev–Trinajstić information content (AvgIpc) is 2.51. The summed E-state index contributed by atoms with van der Waals surface area (Å²) in [5.74, 6) is 0.198. The summed E-state index contributed by atoms with van der Waals surface area (Å²) >= 11 is 0. The van der Waals surface area contributed by atoms with Gasteiger partial charge in [0.1, 0.15) is 6.42 Å². The van der Waals surface area contributed by atoms with Crippen molar-refractivity contribution in [2.75, 3.05) is 7.11 Å². The molecule has 0 aliphatic heterocycles. The van der Waals surface area contributed by atoms with Gasteiger partial charge >= 0.3 is 5.97 Å². The van der Waals surface area contributed by atoms with E-state index in [9.17, 15) is 4.79 Å². The van der Waals surface area contributed by atoms with E-state index in [0.29, 0.717) is 12.4 Å². The van der Waals surface area contributed by atoms with Crippen molar-refractivity contribution >= 4 is 5.97 Å². The van der Waals surface area contributed by atoms with Gasteiger partial charge in [0, 0.05) is 6.54 Å². The summed E-state index contributed by atoms with van der Waals surface area (Å²) in [6.07, 6.45) is 0.122. The van der Waals surface area contributed by atoms with E-state index in [4.69, 9.17) is 0 Å². The van der Waals surface area contributed by atoms with E-state index >= 15 is 0 Å². The molecule has 1 heterocycles. The first kappa shape index (κ1) is 8.63. The van der Waals surface area contributed by atoms with Gasteiger partial charge in [0.05, 0.1) is 7.11 Å². The van der Waals surface area contributed by atoms with Crippen molar-refractivity contribution in [1.29, 1.82) is 0 Å². The molecule has 0 aliphatic carbocycles. The Labute approximate surface area is 69.5 Å². The fourth-order valence-electron chi connectivity index (χ4n) is 0.797. The molecule has 0 N–H and O–H groups in total. The first-order chi connectivity index (χ1) is 5.77. The molecule has 6 nitrogen and oxygen atoms in total. The Bertz CT molecular complexity index is 270. The topological polar surface area (TPSA) is 69.9 Å². The monoisotopic (exact) mass is 170 g/mol. The van der Waals surface area contributed by atoms with Gasteiger partial charge in [0.25, 0.3) is 0 Å². The van der Waals surface area contributed by atoms with Crippen LogP contribution >= 0.6 is 0 Å². The Balaban J connectivity index is 2.68. The first-order valence-electron chi connectivity index (χ1n) is 3.59. The van der Waals surface area contributed by atoms with Gasteiger partial charge in [-0.3, -0.25) is 4.79 Å². The largest absolute Gasteiger partial charge is 0.469 e. The van der Waals surface area contributed by atoms with Gasteiger partial charge < -0.3 is 4.74 Å². The molecule has 0 saturated carbocycles. The summed E-state index contributed by atoms with van der Waals surface area (Å²) in [7, 11) is 1.34.